The van der Waals surface area contributed by atoms with Crippen LogP contribution >= 0.6 is 0 Å². The van der Waals surface area contributed by atoms with Crippen LogP contribution in [0.2, 0.25) is 0 Å². The normalized spacial score (nSPS) is 18.4. The molecule has 0 saturated carbocycles. The molecule has 0 atom stereocenters. The molecule has 2 fully saturated rings. The quantitative estimate of drug-likeness (QED) is 0.816. The zero-order valence-electron chi connectivity index (χ0n) is 16.4. The lowest BCUT2D eigenvalue weighted by molar-refractivity contribution is 0.0746. The molecule has 2 aliphatic rings. The van der Waals surface area contributed by atoms with Gasteiger partial charge >= 0.3 is 0 Å². The third-order valence-corrected chi connectivity index (χ3v) is 5.88. The van der Waals surface area contributed by atoms with Gasteiger partial charge in [0.15, 0.2) is 0 Å². The first kappa shape index (κ1) is 18.7. The molecular formula is C22H27FN4O. The Bertz CT molecular complexity index is 827. The first-order valence-electron chi connectivity index (χ1n) is 10.1. The monoisotopic (exact) mass is 382 g/mol. The van der Waals surface area contributed by atoms with Crippen molar-refractivity contribution in [3.8, 4) is 0 Å². The van der Waals surface area contributed by atoms with Crippen molar-refractivity contribution in [1.82, 2.24) is 9.88 Å². The standard InChI is InChI=1S/C22H27FN4O/c1-17-6-8-25(9-7-17)19-14-18(15-24-16-19)22(28)27-12-10-26(11-13-27)21-5-3-2-4-20(21)23/h2-5,14-17H,6-13H2,1H3. The van der Waals surface area contributed by atoms with Crippen molar-refractivity contribution < 1.29 is 9.18 Å². The fourth-order valence-electron chi connectivity index (χ4n) is 4.03. The number of rotatable bonds is 3. The number of amides is 1. The SMILES string of the molecule is CC1CCN(c2cncc(C(=O)N3CCN(c4ccccc4F)CC3)c2)CC1. The van der Waals surface area contributed by atoms with Gasteiger partial charge in [-0.05, 0) is 37.0 Å². The number of hydrogen-bond donors (Lipinski definition) is 0. The van der Waals surface area contributed by atoms with Crippen LogP contribution < -0.4 is 9.80 Å². The van der Waals surface area contributed by atoms with E-state index in [-0.39, 0.29) is 11.7 Å². The number of halogens is 1. The van der Waals surface area contributed by atoms with E-state index in [9.17, 15) is 9.18 Å². The van der Waals surface area contributed by atoms with Gasteiger partial charge in [0, 0.05) is 45.5 Å². The van der Waals surface area contributed by atoms with Crippen LogP contribution in [0, 0.1) is 11.7 Å². The molecule has 0 bridgehead atoms. The second-order valence-electron chi connectivity index (χ2n) is 7.83. The number of anilines is 2. The number of aromatic nitrogens is 1. The van der Waals surface area contributed by atoms with E-state index in [0.717, 1.165) is 24.7 Å². The number of nitrogens with zero attached hydrogens (tertiary/aromatic N) is 4. The van der Waals surface area contributed by atoms with Crippen LogP contribution in [0.15, 0.2) is 42.7 Å². The Kier molecular flexibility index (Phi) is 5.46. The van der Waals surface area contributed by atoms with Crippen LogP contribution in [0.1, 0.15) is 30.1 Å². The molecule has 6 heteroatoms. The van der Waals surface area contributed by atoms with Gasteiger partial charge < -0.3 is 14.7 Å². The fraction of sp³-hybridized carbons (Fsp3) is 0.455. The largest absolute Gasteiger partial charge is 0.370 e. The summed E-state index contributed by atoms with van der Waals surface area (Å²) in [6.07, 6.45) is 5.86. The average Bonchev–Trinajstić information content (AvgIpc) is 2.74. The Labute approximate surface area is 165 Å². The molecule has 0 unspecified atom stereocenters. The molecule has 1 aromatic carbocycles. The van der Waals surface area contributed by atoms with Gasteiger partial charge in [0.1, 0.15) is 5.82 Å². The minimum Gasteiger partial charge on any atom is -0.370 e. The third kappa shape index (κ3) is 3.96. The summed E-state index contributed by atoms with van der Waals surface area (Å²) < 4.78 is 14.0. The molecule has 2 aliphatic heterocycles. The minimum absolute atomic E-state index is 0.00733. The smallest absolute Gasteiger partial charge is 0.255 e. The average molecular weight is 382 g/mol. The Hall–Kier alpha value is -2.63. The number of benzene rings is 1. The van der Waals surface area contributed by atoms with Crippen molar-refractivity contribution in [2.75, 3.05) is 49.1 Å². The van der Waals surface area contributed by atoms with Crippen molar-refractivity contribution in [2.45, 2.75) is 19.8 Å². The lowest BCUT2D eigenvalue weighted by Crippen LogP contribution is -2.49. The maximum atomic E-state index is 14.0. The predicted molar refractivity (Wildman–Crippen MR) is 109 cm³/mol. The molecule has 0 radical (unpaired) electrons. The summed E-state index contributed by atoms with van der Waals surface area (Å²) >= 11 is 0. The maximum Gasteiger partial charge on any atom is 0.255 e. The van der Waals surface area contributed by atoms with Crippen LogP contribution in [0.25, 0.3) is 0 Å². The Morgan fingerprint density at radius 1 is 1.00 bits per heavy atom. The minimum atomic E-state index is -0.213. The van der Waals surface area contributed by atoms with E-state index in [1.54, 1.807) is 18.3 Å². The molecule has 0 aliphatic carbocycles. The second-order valence-corrected chi connectivity index (χ2v) is 7.83. The zero-order valence-corrected chi connectivity index (χ0v) is 16.4. The highest BCUT2D eigenvalue weighted by Gasteiger charge is 2.24. The molecule has 5 nitrogen and oxygen atoms in total. The molecule has 3 heterocycles. The molecular weight excluding hydrogens is 355 g/mol. The summed E-state index contributed by atoms with van der Waals surface area (Å²) in [4.78, 5) is 23.5. The summed E-state index contributed by atoms with van der Waals surface area (Å²) in [5, 5.41) is 0. The summed E-state index contributed by atoms with van der Waals surface area (Å²) in [5.74, 6) is 0.558. The van der Waals surface area contributed by atoms with Crippen molar-refractivity contribution in [1.29, 1.82) is 0 Å². The molecule has 148 valence electrons. The van der Waals surface area contributed by atoms with Crippen molar-refractivity contribution >= 4 is 17.3 Å². The summed E-state index contributed by atoms with van der Waals surface area (Å²) in [6, 6.07) is 8.77. The van der Waals surface area contributed by atoms with Crippen LogP contribution in [0.3, 0.4) is 0 Å². The first-order chi connectivity index (χ1) is 13.6. The zero-order chi connectivity index (χ0) is 19.5. The van der Waals surface area contributed by atoms with Gasteiger partial charge in [-0.1, -0.05) is 19.1 Å². The van der Waals surface area contributed by atoms with Crippen LogP contribution in [-0.4, -0.2) is 55.1 Å². The van der Waals surface area contributed by atoms with E-state index in [0.29, 0.717) is 37.4 Å². The number of para-hydroxylation sites is 1. The summed E-state index contributed by atoms with van der Waals surface area (Å²) in [6.45, 7) is 6.74. The highest BCUT2D eigenvalue weighted by atomic mass is 19.1. The van der Waals surface area contributed by atoms with E-state index >= 15 is 0 Å². The molecule has 4 rings (SSSR count). The number of piperidine rings is 1. The fourth-order valence-corrected chi connectivity index (χ4v) is 4.03. The molecule has 1 amide bonds. The third-order valence-electron chi connectivity index (χ3n) is 5.88. The number of pyridine rings is 1. The Morgan fingerprint density at radius 3 is 2.43 bits per heavy atom. The molecule has 0 N–H and O–H groups in total. The van der Waals surface area contributed by atoms with Crippen LogP contribution in [0.5, 0.6) is 0 Å². The van der Waals surface area contributed by atoms with Gasteiger partial charge in [0.2, 0.25) is 0 Å². The molecule has 0 spiro atoms. The predicted octanol–water partition coefficient (Wildman–Crippen LogP) is 3.42. The van der Waals surface area contributed by atoms with E-state index in [4.69, 9.17) is 0 Å². The maximum absolute atomic E-state index is 14.0. The van der Waals surface area contributed by atoms with Gasteiger partial charge in [0.05, 0.1) is 23.1 Å². The van der Waals surface area contributed by atoms with Crippen molar-refractivity contribution in [3.63, 3.8) is 0 Å². The molecule has 28 heavy (non-hydrogen) atoms. The Morgan fingerprint density at radius 2 is 1.71 bits per heavy atom. The molecule has 2 aromatic rings. The second kappa shape index (κ2) is 8.17. The summed E-state index contributed by atoms with van der Waals surface area (Å²) in [7, 11) is 0. The van der Waals surface area contributed by atoms with E-state index in [1.165, 1.54) is 18.9 Å². The Balaban J connectivity index is 1.40. The van der Waals surface area contributed by atoms with Gasteiger partial charge in [0.25, 0.3) is 5.91 Å². The molecule has 1 aromatic heterocycles. The van der Waals surface area contributed by atoms with Gasteiger partial charge in [-0.25, -0.2) is 4.39 Å². The topological polar surface area (TPSA) is 39.7 Å². The summed E-state index contributed by atoms with van der Waals surface area (Å²) in [5.41, 5.74) is 2.27. The lowest BCUT2D eigenvalue weighted by atomic mass is 9.99. The number of piperazine rings is 1. The highest BCUT2D eigenvalue weighted by molar-refractivity contribution is 5.95. The van der Waals surface area contributed by atoms with E-state index < -0.39 is 0 Å². The van der Waals surface area contributed by atoms with Gasteiger partial charge in [-0.15, -0.1) is 0 Å². The number of carbonyl (C=O) groups is 1. The lowest BCUT2D eigenvalue weighted by Gasteiger charge is -2.36. The number of hydrogen-bond acceptors (Lipinski definition) is 4. The number of carbonyl (C=O) groups excluding carboxylic acids is 1. The van der Waals surface area contributed by atoms with E-state index in [1.807, 2.05) is 28.1 Å². The van der Waals surface area contributed by atoms with Crippen molar-refractivity contribution in [2.24, 2.45) is 5.92 Å². The van der Waals surface area contributed by atoms with Crippen LogP contribution in [-0.2, 0) is 0 Å². The van der Waals surface area contributed by atoms with E-state index in [2.05, 4.69) is 16.8 Å². The highest BCUT2D eigenvalue weighted by Crippen LogP contribution is 2.24. The van der Waals surface area contributed by atoms with Gasteiger partial charge in [-0.2, -0.15) is 0 Å². The first-order valence-corrected chi connectivity index (χ1v) is 10.1. The van der Waals surface area contributed by atoms with Crippen molar-refractivity contribution in [3.05, 3.63) is 54.1 Å². The van der Waals surface area contributed by atoms with Gasteiger partial charge in [-0.3, -0.25) is 9.78 Å². The molecule has 2 saturated heterocycles. The van der Waals surface area contributed by atoms with Crippen LogP contribution in [0.4, 0.5) is 15.8 Å².